The van der Waals surface area contributed by atoms with Crippen LogP contribution in [0.5, 0.6) is 0 Å². The van der Waals surface area contributed by atoms with Crippen LogP contribution in [0.15, 0.2) is 35.5 Å². The molecule has 0 unspecified atom stereocenters. The number of hydrogen-bond acceptors (Lipinski definition) is 4. The van der Waals surface area contributed by atoms with Gasteiger partial charge in [-0.2, -0.15) is 8.42 Å². The number of nitrogens with one attached hydrogen (secondary N) is 1. The van der Waals surface area contributed by atoms with Gasteiger partial charge in [-0.05, 0) is 0 Å². The summed E-state index contributed by atoms with van der Waals surface area (Å²) in [6.07, 6.45) is 0. The maximum absolute atomic E-state index is 12.5. The van der Waals surface area contributed by atoms with Gasteiger partial charge in [0.15, 0.2) is 5.82 Å². The Morgan fingerprint density at radius 3 is 2.33 bits per heavy atom. The zero-order chi connectivity index (χ0) is 10.9. The highest BCUT2D eigenvalue weighted by Crippen LogP contribution is 2.15. The van der Waals surface area contributed by atoms with E-state index in [4.69, 9.17) is 0 Å². The zero-order valence-electron chi connectivity index (χ0n) is 7.38. The molecule has 0 aliphatic heterocycles. The van der Waals surface area contributed by atoms with Crippen molar-refractivity contribution in [2.75, 3.05) is 0 Å². The molecule has 0 aliphatic carbocycles. The van der Waals surface area contributed by atoms with Crippen LogP contribution >= 0.6 is 0 Å². The maximum atomic E-state index is 12.5. The molecule has 7 heteroatoms. The van der Waals surface area contributed by atoms with E-state index in [9.17, 15) is 12.3 Å². The molecule has 0 fully saturated rings. The quantitative estimate of drug-likeness (QED) is 0.780. The molecular weight excluding hydrogens is 221 g/mol. The van der Waals surface area contributed by atoms with Crippen LogP contribution in [0.3, 0.4) is 0 Å². The van der Waals surface area contributed by atoms with Crippen LogP contribution < -0.4 is 0 Å². The summed E-state index contributed by atoms with van der Waals surface area (Å²) in [6.45, 7) is 0. The Morgan fingerprint density at radius 1 is 1.13 bits per heavy atom. The third-order valence-corrected chi connectivity index (χ3v) is 2.39. The molecule has 0 bridgehead atoms. The summed E-state index contributed by atoms with van der Waals surface area (Å²) in [5.74, 6) is 0.215. The molecule has 1 heterocycles. The number of rotatable bonds is 2. The summed E-state index contributed by atoms with van der Waals surface area (Å²) in [6, 6.07) is 8.71. The lowest BCUT2D eigenvalue weighted by molar-refractivity contribution is 0.542. The predicted octanol–water partition coefficient (Wildman–Crippen LogP) is 1.13. The van der Waals surface area contributed by atoms with Gasteiger partial charge >= 0.3 is 10.2 Å². The number of halogens is 1. The van der Waals surface area contributed by atoms with Gasteiger partial charge in [0.1, 0.15) is 0 Å². The fourth-order valence-electron chi connectivity index (χ4n) is 1.08. The number of H-pyrrole nitrogens is 1. The molecule has 1 N–H and O–H groups in total. The van der Waals surface area contributed by atoms with Crippen molar-refractivity contribution in [1.82, 2.24) is 15.2 Å². The summed E-state index contributed by atoms with van der Waals surface area (Å²) < 4.78 is 33.4. The van der Waals surface area contributed by atoms with Gasteiger partial charge in [-0.25, -0.2) is 0 Å². The molecule has 15 heavy (non-hydrogen) atoms. The van der Waals surface area contributed by atoms with Crippen molar-refractivity contribution < 1.29 is 12.3 Å². The smallest absolute Gasteiger partial charge is 0.310 e. The van der Waals surface area contributed by atoms with Crippen LogP contribution in [0.2, 0.25) is 0 Å². The molecule has 0 aliphatic rings. The molecule has 0 spiro atoms. The second-order valence-corrected chi connectivity index (χ2v) is 4.05. The largest absolute Gasteiger partial charge is 0.368 e. The fourth-order valence-corrected chi connectivity index (χ4v) is 1.44. The molecule has 2 rings (SSSR count). The van der Waals surface area contributed by atoms with Crippen molar-refractivity contribution in [2.45, 2.75) is 5.16 Å². The first-order valence-corrected chi connectivity index (χ1v) is 5.38. The Hall–Kier alpha value is -1.76. The van der Waals surface area contributed by atoms with Crippen LogP contribution in [0.25, 0.3) is 11.4 Å². The fraction of sp³-hybridized carbons (Fsp3) is 0. The van der Waals surface area contributed by atoms with Crippen molar-refractivity contribution in [1.29, 1.82) is 0 Å². The summed E-state index contributed by atoms with van der Waals surface area (Å²) in [7, 11) is -4.82. The first kappa shape index (κ1) is 9.78. The third-order valence-electron chi connectivity index (χ3n) is 1.74. The van der Waals surface area contributed by atoms with Gasteiger partial charge in [-0.1, -0.05) is 34.2 Å². The molecule has 0 saturated carbocycles. The topological polar surface area (TPSA) is 75.7 Å². The van der Waals surface area contributed by atoms with E-state index in [1.54, 1.807) is 30.3 Å². The Kier molecular flexibility index (Phi) is 2.24. The molecule has 1 aromatic carbocycles. The van der Waals surface area contributed by atoms with Crippen LogP contribution in [0, 0.1) is 0 Å². The molecular formula is C8H6FN3O2S. The lowest BCUT2D eigenvalue weighted by Crippen LogP contribution is -1.94. The maximum Gasteiger partial charge on any atom is 0.368 e. The molecule has 78 valence electrons. The highest BCUT2D eigenvalue weighted by molar-refractivity contribution is 7.86. The Bertz CT molecular complexity index is 565. The summed E-state index contributed by atoms with van der Waals surface area (Å²) >= 11 is 0. The van der Waals surface area contributed by atoms with Crippen molar-refractivity contribution in [3.63, 3.8) is 0 Å². The van der Waals surface area contributed by atoms with E-state index in [0.29, 0.717) is 5.56 Å². The van der Waals surface area contributed by atoms with Crippen molar-refractivity contribution in [2.24, 2.45) is 0 Å². The third kappa shape index (κ3) is 2.01. The zero-order valence-corrected chi connectivity index (χ0v) is 8.20. The van der Waals surface area contributed by atoms with E-state index in [1.165, 1.54) is 0 Å². The summed E-state index contributed by atoms with van der Waals surface area (Å²) in [5, 5.41) is 5.95. The SMILES string of the molecule is O=S(=O)(F)c1nnc(-c2ccccc2)[nH]1. The van der Waals surface area contributed by atoms with Crippen molar-refractivity contribution in [3.05, 3.63) is 30.3 Å². The normalized spacial score (nSPS) is 11.5. The van der Waals surface area contributed by atoms with E-state index in [1.807, 2.05) is 0 Å². The van der Waals surface area contributed by atoms with Gasteiger partial charge in [0.25, 0.3) is 5.16 Å². The first-order chi connectivity index (χ1) is 7.07. The van der Waals surface area contributed by atoms with E-state index < -0.39 is 15.4 Å². The van der Waals surface area contributed by atoms with E-state index >= 15 is 0 Å². The summed E-state index contributed by atoms with van der Waals surface area (Å²) in [4.78, 5) is 2.28. The van der Waals surface area contributed by atoms with Crippen LogP contribution in [-0.4, -0.2) is 23.6 Å². The van der Waals surface area contributed by atoms with Gasteiger partial charge in [-0.15, -0.1) is 10.2 Å². The second-order valence-electron chi connectivity index (χ2n) is 2.78. The van der Waals surface area contributed by atoms with E-state index in [0.717, 1.165) is 0 Å². The number of benzene rings is 1. The standard InChI is InChI=1S/C8H6FN3O2S/c9-15(13,14)8-10-7(11-12-8)6-4-2-1-3-5-6/h1-5H,(H,10,11,12). The molecule has 2 aromatic rings. The van der Waals surface area contributed by atoms with Crippen LogP contribution in [0.4, 0.5) is 3.89 Å². The lowest BCUT2D eigenvalue weighted by Gasteiger charge is -1.92. The minimum atomic E-state index is -4.82. The van der Waals surface area contributed by atoms with Gasteiger partial charge in [-0.3, -0.25) is 0 Å². The minimum Gasteiger partial charge on any atom is -0.310 e. The van der Waals surface area contributed by atoms with Gasteiger partial charge in [0, 0.05) is 5.56 Å². The van der Waals surface area contributed by atoms with Gasteiger partial charge in [0.05, 0.1) is 0 Å². The minimum absolute atomic E-state index is 0.215. The van der Waals surface area contributed by atoms with Crippen molar-refractivity contribution >= 4 is 10.2 Å². The van der Waals surface area contributed by atoms with E-state index in [-0.39, 0.29) is 5.82 Å². The van der Waals surface area contributed by atoms with Crippen LogP contribution in [-0.2, 0) is 10.2 Å². The van der Waals surface area contributed by atoms with Gasteiger partial charge < -0.3 is 4.98 Å². The average molecular weight is 227 g/mol. The lowest BCUT2D eigenvalue weighted by atomic mass is 10.2. The number of nitrogens with zero attached hydrogens (tertiary/aromatic N) is 2. The van der Waals surface area contributed by atoms with Crippen LogP contribution in [0.1, 0.15) is 0 Å². The Labute approximate surface area is 85.2 Å². The second kappa shape index (κ2) is 3.43. The Balaban J connectivity index is 2.46. The average Bonchev–Trinajstić information content (AvgIpc) is 2.67. The molecule has 1 aromatic heterocycles. The highest BCUT2D eigenvalue weighted by atomic mass is 32.3. The number of aromatic nitrogens is 3. The number of hydrogen-bond donors (Lipinski definition) is 1. The molecule has 0 saturated heterocycles. The molecule has 0 radical (unpaired) electrons. The Morgan fingerprint density at radius 2 is 1.80 bits per heavy atom. The molecule has 0 amide bonds. The first-order valence-electron chi connectivity index (χ1n) is 4.00. The predicted molar refractivity (Wildman–Crippen MR) is 50.1 cm³/mol. The monoisotopic (exact) mass is 227 g/mol. The molecule has 5 nitrogen and oxygen atoms in total. The summed E-state index contributed by atoms with van der Waals surface area (Å²) in [5.41, 5.74) is 0.639. The molecule has 0 atom stereocenters. The highest BCUT2D eigenvalue weighted by Gasteiger charge is 2.17. The van der Waals surface area contributed by atoms with Gasteiger partial charge in [0.2, 0.25) is 0 Å². The van der Waals surface area contributed by atoms with E-state index in [2.05, 4.69) is 15.2 Å². The number of aromatic amines is 1. The van der Waals surface area contributed by atoms with Crippen molar-refractivity contribution in [3.8, 4) is 11.4 Å².